The van der Waals surface area contributed by atoms with Crippen LogP contribution in [0.2, 0.25) is 5.02 Å². The number of anilines is 1. The lowest BCUT2D eigenvalue weighted by atomic mass is 9.93. The van der Waals surface area contributed by atoms with Gasteiger partial charge in [-0.15, -0.1) is 11.3 Å². The zero-order valence-electron chi connectivity index (χ0n) is 18.2. The van der Waals surface area contributed by atoms with Crippen molar-refractivity contribution < 1.29 is 4.79 Å². The highest BCUT2D eigenvalue weighted by Gasteiger charge is 2.20. The number of hydrogen-bond acceptors (Lipinski definition) is 3. The minimum atomic E-state index is -0.0569. The fourth-order valence-electron chi connectivity index (χ4n) is 3.73. The van der Waals surface area contributed by atoms with Crippen LogP contribution in [-0.4, -0.2) is 15.5 Å². The average Bonchev–Trinajstić information content (AvgIpc) is 3.29. The van der Waals surface area contributed by atoms with Gasteiger partial charge in [0.2, 0.25) is 5.91 Å². The second-order valence-electron chi connectivity index (χ2n) is 8.77. The van der Waals surface area contributed by atoms with Gasteiger partial charge in [0.25, 0.3) is 0 Å². The summed E-state index contributed by atoms with van der Waals surface area (Å²) in [6, 6.07) is 16.1. The molecule has 0 spiro atoms. The molecule has 0 saturated heterocycles. The van der Waals surface area contributed by atoms with Gasteiger partial charge in [0.05, 0.1) is 12.1 Å². The number of carbonyl (C=O) groups excluding carboxylic acids is 1. The Kier molecular flexibility index (Phi) is 5.91. The van der Waals surface area contributed by atoms with E-state index >= 15 is 0 Å². The Morgan fingerprint density at radius 1 is 1.13 bits per heavy atom. The smallest absolute Gasteiger partial charge is 0.230 e. The summed E-state index contributed by atoms with van der Waals surface area (Å²) in [7, 11) is 0. The SMILES string of the molecule is Cc1c(CC(=O)Nc2nc(C(C)(C)C)cs2)c2ccccc2n1Cc1ccccc1Cl. The molecule has 0 unspecified atom stereocenters. The molecule has 0 aliphatic rings. The molecule has 0 bridgehead atoms. The normalized spacial score (nSPS) is 11.8. The van der Waals surface area contributed by atoms with E-state index in [0.29, 0.717) is 18.1 Å². The Bertz CT molecular complexity index is 1250. The van der Waals surface area contributed by atoms with Crippen LogP contribution in [0.3, 0.4) is 0 Å². The number of hydrogen-bond donors (Lipinski definition) is 1. The molecule has 160 valence electrons. The molecule has 4 nitrogen and oxygen atoms in total. The number of nitrogens with zero attached hydrogens (tertiary/aromatic N) is 2. The molecule has 4 aromatic rings. The largest absolute Gasteiger partial charge is 0.340 e. The predicted octanol–water partition coefficient (Wildman–Crippen LogP) is 6.59. The summed E-state index contributed by atoms with van der Waals surface area (Å²) >= 11 is 7.88. The number of aromatic nitrogens is 2. The van der Waals surface area contributed by atoms with Crippen LogP contribution in [0.5, 0.6) is 0 Å². The van der Waals surface area contributed by atoms with Crippen molar-refractivity contribution in [3.05, 3.63) is 81.4 Å². The maximum Gasteiger partial charge on any atom is 0.230 e. The highest BCUT2D eigenvalue weighted by molar-refractivity contribution is 7.13. The van der Waals surface area contributed by atoms with E-state index in [9.17, 15) is 4.79 Å². The lowest BCUT2D eigenvalue weighted by Crippen LogP contribution is -2.16. The van der Waals surface area contributed by atoms with Crippen molar-refractivity contribution in [1.82, 2.24) is 9.55 Å². The summed E-state index contributed by atoms with van der Waals surface area (Å²) < 4.78 is 2.24. The van der Waals surface area contributed by atoms with E-state index < -0.39 is 0 Å². The highest BCUT2D eigenvalue weighted by atomic mass is 35.5. The Hall–Kier alpha value is -2.63. The van der Waals surface area contributed by atoms with E-state index in [2.05, 4.69) is 54.7 Å². The van der Waals surface area contributed by atoms with Gasteiger partial charge in [-0.05, 0) is 30.2 Å². The summed E-state index contributed by atoms with van der Waals surface area (Å²) in [6.07, 6.45) is 0.298. The molecule has 31 heavy (non-hydrogen) atoms. The van der Waals surface area contributed by atoms with E-state index in [1.54, 1.807) is 0 Å². The zero-order valence-corrected chi connectivity index (χ0v) is 19.8. The number of halogens is 1. The molecule has 2 aromatic carbocycles. The Balaban J connectivity index is 1.62. The Morgan fingerprint density at radius 3 is 2.55 bits per heavy atom. The molecule has 0 fully saturated rings. The van der Waals surface area contributed by atoms with Crippen molar-refractivity contribution in [2.45, 2.75) is 46.1 Å². The first-order valence-electron chi connectivity index (χ1n) is 10.3. The molecular formula is C25H26ClN3OS. The third-order valence-corrected chi connectivity index (χ3v) is 6.63. The molecule has 2 aromatic heterocycles. The van der Waals surface area contributed by atoms with Crippen molar-refractivity contribution in [3.63, 3.8) is 0 Å². The van der Waals surface area contributed by atoms with Gasteiger partial charge in [0.15, 0.2) is 5.13 Å². The number of nitrogens with one attached hydrogen (secondary N) is 1. The van der Waals surface area contributed by atoms with Crippen LogP contribution in [0.1, 0.15) is 43.3 Å². The van der Waals surface area contributed by atoms with Gasteiger partial charge in [-0.2, -0.15) is 0 Å². The molecule has 6 heteroatoms. The van der Waals surface area contributed by atoms with Crippen LogP contribution in [0.4, 0.5) is 5.13 Å². The lowest BCUT2D eigenvalue weighted by molar-refractivity contribution is -0.115. The molecule has 0 saturated carbocycles. The summed E-state index contributed by atoms with van der Waals surface area (Å²) in [5.41, 5.74) is 5.22. The molecule has 0 atom stereocenters. The van der Waals surface area contributed by atoms with Gasteiger partial charge in [-0.1, -0.05) is 68.8 Å². The third kappa shape index (κ3) is 4.53. The molecule has 2 heterocycles. The standard InChI is InChI=1S/C25H26ClN3OS/c1-16-19(13-23(30)28-24-27-22(15-31-24)25(2,3)4)18-10-6-8-12-21(18)29(16)14-17-9-5-7-11-20(17)26/h5-12,15H,13-14H2,1-4H3,(H,27,28,30). The third-order valence-electron chi connectivity index (χ3n) is 5.50. The predicted molar refractivity (Wildman–Crippen MR) is 130 cm³/mol. The first kappa shape index (κ1) is 21.6. The van der Waals surface area contributed by atoms with Gasteiger partial charge in [-0.3, -0.25) is 4.79 Å². The second kappa shape index (κ2) is 8.48. The van der Waals surface area contributed by atoms with Crippen molar-refractivity contribution in [3.8, 4) is 0 Å². The van der Waals surface area contributed by atoms with E-state index in [-0.39, 0.29) is 11.3 Å². The monoisotopic (exact) mass is 451 g/mol. The second-order valence-corrected chi connectivity index (χ2v) is 10.0. The van der Waals surface area contributed by atoms with Gasteiger partial charge in [-0.25, -0.2) is 4.98 Å². The maximum absolute atomic E-state index is 12.9. The summed E-state index contributed by atoms with van der Waals surface area (Å²) in [5, 5.41) is 7.48. The zero-order chi connectivity index (χ0) is 22.2. The molecule has 1 amide bonds. The van der Waals surface area contributed by atoms with Gasteiger partial charge < -0.3 is 9.88 Å². The highest BCUT2D eigenvalue weighted by Crippen LogP contribution is 2.30. The summed E-state index contributed by atoms with van der Waals surface area (Å²) in [6.45, 7) is 9.08. The fourth-order valence-corrected chi connectivity index (χ4v) is 4.88. The lowest BCUT2D eigenvalue weighted by Gasteiger charge is -2.14. The van der Waals surface area contributed by atoms with Crippen LogP contribution in [0.15, 0.2) is 53.9 Å². The van der Waals surface area contributed by atoms with Crippen LogP contribution >= 0.6 is 22.9 Å². The van der Waals surface area contributed by atoms with Crippen molar-refractivity contribution in [2.24, 2.45) is 0 Å². The molecule has 1 N–H and O–H groups in total. The first-order valence-corrected chi connectivity index (χ1v) is 11.6. The molecular weight excluding hydrogens is 426 g/mol. The molecule has 0 aliphatic carbocycles. The number of amides is 1. The van der Waals surface area contributed by atoms with Crippen LogP contribution in [0, 0.1) is 6.92 Å². The number of thiazole rings is 1. The van der Waals surface area contributed by atoms with E-state index in [1.807, 2.05) is 41.8 Å². The minimum Gasteiger partial charge on any atom is -0.340 e. The number of carbonyl (C=O) groups is 1. The van der Waals surface area contributed by atoms with E-state index in [1.165, 1.54) is 11.3 Å². The van der Waals surface area contributed by atoms with Gasteiger partial charge in [0, 0.05) is 39.0 Å². The number of benzene rings is 2. The number of fused-ring (bicyclic) bond motifs is 1. The van der Waals surface area contributed by atoms with Crippen molar-refractivity contribution in [2.75, 3.05) is 5.32 Å². The quantitative estimate of drug-likeness (QED) is 0.372. The minimum absolute atomic E-state index is 0.0395. The Labute approximate surface area is 191 Å². The van der Waals surface area contributed by atoms with E-state index in [0.717, 1.165) is 38.4 Å². The summed E-state index contributed by atoms with van der Waals surface area (Å²) in [5.74, 6) is -0.0569. The fraction of sp³-hybridized carbons (Fsp3) is 0.280. The molecule has 0 aliphatic heterocycles. The van der Waals surface area contributed by atoms with Crippen molar-refractivity contribution >= 4 is 44.9 Å². The van der Waals surface area contributed by atoms with E-state index in [4.69, 9.17) is 11.6 Å². The maximum atomic E-state index is 12.9. The first-order chi connectivity index (χ1) is 14.7. The van der Waals surface area contributed by atoms with Crippen LogP contribution in [0.25, 0.3) is 10.9 Å². The molecule has 4 rings (SSSR count). The van der Waals surface area contributed by atoms with Gasteiger partial charge in [0.1, 0.15) is 0 Å². The van der Waals surface area contributed by atoms with Gasteiger partial charge >= 0.3 is 0 Å². The van der Waals surface area contributed by atoms with Crippen LogP contribution in [-0.2, 0) is 23.2 Å². The molecule has 0 radical (unpaired) electrons. The summed E-state index contributed by atoms with van der Waals surface area (Å²) in [4.78, 5) is 17.5. The Morgan fingerprint density at radius 2 is 1.84 bits per heavy atom. The van der Waals surface area contributed by atoms with Crippen molar-refractivity contribution in [1.29, 1.82) is 0 Å². The van der Waals surface area contributed by atoms with Crippen LogP contribution < -0.4 is 5.32 Å². The topological polar surface area (TPSA) is 46.9 Å². The average molecular weight is 452 g/mol. The number of para-hydroxylation sites is 1. The number of rotatable bonds is 5.